The van der Waals surface area contributed by atoms with Crippen LogP contribution in [0.5, 0.6) is 0 Å². The standard InChI is InChI=1S/C24H29N5O3S/c1-24(2,3)32-23(31)29(16-18-8-6-10-25-15-18)13-7-12-27-21(30)14-19-17-33-22(28-19)20-9-4-5-11-26-20/h4-6,8-11,15,17H,7,12-14,16H2,1-3H3,(H,27,30). The first-order chi connectivity index (χ1) is 15.8. The number of nitrogens with one attached hydrogen (secondary N) is 1. The molecule has 0 aliphatic rings. The van der Waals surface area contributed by atoms with Crippen LogP contribution >= 0.6 is 11.3 Å². The van der Waals surface area contributed by atoms with E-state index in [1.54, 1.807) is 23.5 Å². The number of carbonyl (C=O) groups excluding carboxylic acids is 2. The van der Waals surface area contributed by atoms with Gasteiger partial charge in [-0.15, -0.1) is 11.3 Å². The van der Waals surface area contributed by atoms with Gasteiger partial charge in [0.1, 0.15) is 10.6 Å². The summed E-state index contributed by atoms with van der Waals surface area (Å²) in [5, 5.41) is 5.58. The normalized spacial score (nSPS) is 11.1. The summed E-state index contributed by atoms with van der Waals surface area (Å²) in [6, 6.07) is 9.40. The predicted octanol–water partition coefficient (Wildman–Crippen LogP) is 4.09. The molecule has 0 aliphatic heterocycles. The Balaban J connectivity index is 1.47. The smallest absolute Gasteiger partial charge is 0.410 e. The number of pyridine rings is 2. The molecular formula is C24H29N5O3S. The zero-order valence-corrected chi connectivity index (χ0v) is 20.0. The van der Waals surface area contributed by atoms with E-state index in [1.165, 1.54) is 11.3 Å². The molecule has 3 heterocycles. The topological polar surface area (TPSA) is 97.3 Å². The predicted molar refractivity (Wildman–Crippen MR) is 128 cm³/mol. The summed E-state index contributed by atoms with van der Waals surface area (Å²) < 4.78 is 5.54. The molecular weight excluding hydrogens is 438 g/mol. The van der Waals surface area contributed by atoms with E-state index in [2.05, 4.69) is 20.3 Å². The molecule has 1 N–H and O–H groups in total. The monoisotopic (exact) mass is 467 g/mol. The maximum absolute atomic E-state index is 12.6. The van der Waals surface area contributed by atoms with E-state index in [0.717, 1.165) is 16.3 Å². The molecule has 3 aromatic heterocycles. The molecule has 0 aromatic carbocycles. The van der Waals surface area contributed by atoms with Gasteiger partial charge in [0.2, 0.25) is 5.91 Å². The zero-order valence-electron chi connectivity index (χ0n) is 19.2. The first kappa shape index (κ1) is 24.3. The Labute approximate surface area is 198 Å². The van der Waals surface area contributed by atoms with E-state index in [0.29, 0.717) is 31.7 Å². The Morgan fingerprint density at radius 2 is 2.00 bits per heavy atom. The van der Waals surface area contributed by atoms with Gasteiger partial charge >= 0.3 is 6.09 Å². The molecule has 0 saturated heterocycles. The van der Waals surface area contributed by atoms with E-state index >= 15 is 0 Å². The lowest BCUT2D eigenvalue weighted by molar-refractivity contribution is -0.120. The molecule has 0 unspecified atom stereocenters. The Hall–Kier alpha value is -3.33. The highest BCUT2D eigenvalue weighted by Crippen LogP contribution is 2.21. The second-order valence-corrected chi connectivity index (χ2v) is 9.36. The van der Waals surface area contributed by atoms with Gasteiger partial charge in [-0.25, -0.2) is 9.78 Å². The minimum absolute atomic E-state index is 0.107. The van der Waals surface area contributed by atoms with E-state index < -0.39 is 5.60 Å². The molecule has 0 radical (unpaired) electrons. The van der Waals surface area contributed by atoms with Crippen LogP contribution in [0.1, 0.15) is 38.4 Å². The van der Waals surface area contributed by atoms with Crippen molar-refractivity contribution in [3.8, 4) is 10.7 Å². The number of hydrogen-bond donors (Lipinski definition) is 1. The minimum Gasteiger partial charge on any atom is -0.444 e. The van der Waals surface area contributed by atoms with Gasteiger partial charge in [-0.2, -0.15) is 0 Å². The van der Waals surface area contributed by atoms with Crippen LogP contribution in [0.15, 0.2) is 54.3 Å². The number of aromatic nitrogens is 3. The molecule has 3 aromatic rings. The lowest BCUT2D eigenvalue weighted by atomic mass is 10.2. The summed E-state index contributed by atoms with van der Waals surface area (Å²) in [6.07, 6.45) is 5.56. The third-order valence-corrected chi connectivity index (χ3v) is 5.37. The van der Waals surface area contributed by atoms with Crippen LogP contribution < -0.4 is 5.32 Å². The Morgan fingerprint density at radius 1 is 1.15 bits per heavy atom. The van der Waals surface area contributed by atoms with Crippen molar-refractivity contribution in [2.75, 3.05) is 13.1 Å². The lowest BCUT2D eigenvalue weighted by Gasteiger charge is -2.27. The Bertz CT molecular complexity index is 1040. The van der Waals surface area contributed by atoms with Crippen molar-refractivity contribution in [1.29, 1.82) is 0 Å². The van der Waals surface area contributed by atoms with Crippen molar-refractivity contribution in [3.63, 3.8) is 0 Å². The summed E-state index contributed by atoms with van der Waals surface area (Å²) in [4.78, 5) is 39.5. The summed E-state index contributed by atoms with van der Waals surface area (Å²) >= 11 is 1.47. The van der Waals surface area contributed by atoms with E-state index in [1.807, 2.05) is 56.5 Å². The summed E-state index contributed by atoms with van der Waals surface area (Å²) in [7, 11) is 0. The molecule has 9 heteroatoms. The molecule has 0 bridgehead atoms. The maximum atomic E-state index is 12.6. The van der Waals surface area contributed by atoms with Crippen molar-refractivity contribution in [2.24, 2.45) is 0 Å². The van der Waals surface area contributed by atoms with Crippen LogP contribution in [0.3, 0.4) is 0 Å². The largest absolute Gasteiger partial charge is 0.444 e. The molecule has 0 saturated carbocycles. The highest BCUT2D eigenvalue weighted by molar-refractivity contribution is 7.13. The molecule has 174 valence electrons. The fraction of sp³-hybridized carbons (Fsp3) is 0.375. The number of hydrogen-bond acceptors (Lipinski definition) is 7. The number of ether oxygens (including phenoxy) is 1. The molecule has 0 spiro atoms. The lowest BCUT2D eigenvalue weighted by Crippen LogP contribution is -2.38. The number of carbonyl (C=O) groups is 2. The quantitative estimate of drug-likeness (QED) is 0.476. The summed E-state index contributed by atoms with van der Waals surface area (Å²) in [5.74, 6) is -0.107. The second kappa shape index (κ2) is 11.5. The average Bonchev–Trinajstić information content (AvgIpc) is 3.24. The van der Waals surface area contributed by atoms with Crippen molar-refractivity contribution >= 4 is 23.3 Å². The number of thiazole rings is 1. The van der Waals surface area contributed by atoms with Crippen molar-refractivity contribution < 1.29 is 14.3 Å². The number of amides is 2. The SMILES string of the molecule is CC(C)(C)OC(=O)N(CCCNC(=O)Cc1csc(-c2ccccn2)n1)Cc1cccnc1. The van der Waals surface area contributed by atoms with Gasteiger partial charge in [0.25, 0.3) is 0 Å². The fourth-order valence-corrected chi connectivity index (χ4v) is 3.79. The molecule has 0 fully saturated rings. The van der Waals surface area contributed by atoms with Crippen LogP contribution in [0, 0.1) is 0 Å². The van der Waals surface area contributed by atoms with Crippen LogP contribution in [0.2, 0.25) is 0 Å². The third-order valence-electron chi connectivity index (χ3n) is 4.45. The van der Waals surface area contributed by atoms with Gasteiger partial charge in [0, 0.05) is 37.1 Å². The van der Waals surface area contributed by atoms with Gasteiger partial charge in [-0.1, -0.05) is 12.1 Å². The average molecular weight is 468 g/mol. The van der Waals surface area contributed by atoms with Gasteiger partial charge < -0.3 is 15.0 Å². The number of rotatable bonds is 9. The minimum atomic E-state index is -0.583. The highest BCUT2D eigenvalue weighted by Gasteiger charge is 2.22. The molecule has 2 amide bonds. The number of nitrogens with zero attached hydrogens (tertiary/aromatic N) is 4. The first-order valence-electron chi connectivity index (χ1n) is 10.8. The van der Waals surface area contributed by atoms with Crippen molar-refractivity contribution in [2.45, 2.75) is 45.8 Å². The van der Waals surface area contributed by atoms with Crippen LogP contribution in [-0.4, -0.2) is 50.5 Å². The molecule has 0 aliphatic carbocycles. The maximum Gasteiger partial charge on any atom is 0.410 e. The first-order valence-corrected chi connectivity index (χ1v) is 11.7. The van der Waals surface area contributed by atoms with Crippen LogP contribution in [0.4, 0.5) is 4.79 Å². The molecule has 8 nitrogen and oxygen atoms in total. The molecule has 3 rings (SSSR count). The van der Waals surface area contributed by atoms with E-state index in [-0.39, 0.29) is 18.4 Å². The summed E-state index contributed by atoms with van der Waals surface area (Å²) in [6.45, 7) is 6.81. The Kier molecular flexibility index (Phi) is 8.48. The fourth-order valence-electron chi connectivity index (χ4n) is 2.99. The van der Waals surface area contributed by atoms with Gasteiger partial charge in [0.15, 0.2) is 0 Å². The third kappa shape index (κ3) is 8.27. The Morgan fingerprint density at radius 3 is 2.70 bits per heavy atom. The van der Waals surface area contributed by atoms with Gasteiger partial charge in [-0.3, -0.25) is 14.8 Å². The van der Waals surface area contributed by atoms with Gasteiger partial charge in [-0.05, 0) is 51.0 Å². The van der Waals surface area contributed by atoms with Crippen molar-refractivity contribution in [1.82, 2.24) is 25.2 Å². The van der Waals surface area contributed by atoms with E-state index in [4.69, 9.17) is 4.74 Å². The van der Waals surface area contributed by atoms with Crippen LogP contribution in [-0.2, 0) is 22.5 Å². The van der Waals surface area contributed by atoms with Crippen molar-refractivity contribution in [3.05, 3.63) is 65.6 Å². The van der Waals surface area contributed by atoms with Crippen LogP contribution in [0.25, 0.3) is 10.7 Å². The molecule has 0 atom stereocenters. The summed E-state index contributed by atoms with van der Waals surface area (Å²) in [5.41, 5.74) is 1.84. The zero-order chi connectivity index (χ0) is 23.7. The van der Waals surface area contributed by atoms with Gasteiger partial charge in [0.05, 0.1) is 24.4 Å². The highest BCUT2D eigenvalue weighted by atomic mass is 32.1. The van der Waals surface area contributed by atoms with E-state index in [9.17, 15) is 9.59 Å². The second-order valence-electron chi connectivity index (χ2n) is 8.50. The molecule has 33 heavy (non-hydrogen) atoms.